The Morgan fingerprint density at radius 1 is 1.64 bits per heavy atom. The van der Waals surface area contributed by atoms with Crippen LogP contribution >= 0.6 is 11.8 Å². The van der Waals surface area contributed by atoms with E-state index >= 15 is 0 Å². The number of hydrogen-bond donors (Lipinski definition) is 0. The fourth-order valence-electron chi connectivity index (χ4n) is 0.727. The Morgan fingerprint density at radius 2 is 2.36 bits per heavy atom. The highest BCUT2D eigenvalue weighted by Gasteiger charge is 2.06. The van der Waals surface area contributed by atoms with Crippen LogP contribution < -0.4 is 0 Å². The van der Waals surface area contributed by atoms with Crippen LogP contribution in [0, 0.1) is 0 Å². The molecule has 0 N–H and O–H groups in total. The first-order valence-corrected chi connectivity index (χ1v) is 4.81. The molecule has 1 rings (SSSR count). The molecule has 0 aromatic carbocycles. The van der Waals surface area contributed by atoms with Crippen molar-refractivity contribution in [1.29, 1.82) is 0 Å². The number of aromatic nitrogens is 1. The molecule has 0 saturated heterocycles. The Morgan fingerprint density at radius 3 is 2.82 bits per heavy atom. The summed E-state index contributed by atoms with van der Waals surface area (Å²) < 4.78 is 5.44. The second kappa shape index (κ2) is 3.81. The minimum absolute atomic E-state index is 0.439. The first kappa shape index (κ1) is 8.65. The Kier molecular flexibility index (Phi) is 3.00. The Balaban J connectivity index is 2.66. The summed E-state index contributed by atoms with van der Waals surface area (Å²) in [4.78, 5) is 4.12. The van der Waals surface area contributed by atoms with E-state index in [9.17, 15) is 0 Å². The lowest BCUT2D eigenvalue weighted by Crippen LogP contribution is -1.80. The number of thioether (sulfide) groups is 1. The smallest absolute Gasteiger partial charge is 0.255 e. The van der Waals surface area contributed by atoms with Gasteiger partial charge in [0.2, 0.25) is 0 Å². The maximum Gasteiger partial charge on any atom is 0.255 e. The molecule has 0 bridgehead atoms. The minimum Gasteiger partial charge on any atom is -0.436 e. The first-order chi connectivity index (χ1) is 5.24. The predicted molar refractivity (Wildman–Crippen MR) is 47.0 cm³/mol. The molecule has 0 amide bonds. The maximum absolute atomic E-state index is 5.44. The van der Waals surface area contributed by atoms with E-state index in [1.807, 2.05) is 6.20 Å². The van der Waals surface area contributed by atoms with Crippen LogP contribution in [0.25, 0.3) is 0 Å². The Hall–Kier alpha value is -0.440. The average molecular weight is 171 g/mol. The summed E-state index contributed by atoms with van der Waals surface area (Å²) in [7, 11) is 0. The summed E-state index contributed by atoms with van der Waals surface area (Å²) in [5.41, 5.74) is 0. The van der Waals surface area contributed by atoms with Crippen LogP contribution in [0.5, 0.6) is 0 Å². The van der Waals surface area contributed by atoms with Crippen molar-refractivity contribution in [3.8, 4) is 0 Å². The van der Waals surface area contributed by atoms with Gasteiger partial charge in [-0.15, -0.1) is 0 Å². The molecule has 0 atom stereocenters. The summed E-state index contributed by atoms with van der Waals surface area (Å²) in [5, 5.41) is 0.788. The molecule has 0 aliphatic rings. The van der Waals surface area contributed by atoms with Crippen LogP contribution in [0.3, 0.4) is 0 Å². The molecule has 0 unspecified atom stereocenters. The monoisotopic (exact) mass is 171 g/mol. The van der Waals surface area contributed by atoms with E-state index in [4.69, 9.17) is 4.42 Å². The van der Waals surface area contributed by atoms with Gasteiger partial charge in [-0.3, -0.25) is 0 Å². The average Bonchev–Trinajstić information content (AvgIpc) is 2.37. The highest BCUT2D eigenvalue weighted by atomic mass is 32.2. The largest absolute Gasteiger partial charge is 0.436 e. The summed E-state index contributed by atoms with van der Waals surface area (Å²) in [6.07, 6.45) is 1.81. The van der Waals surface area contributed by atoms with Gasteiger partial charge in [-0.2, -0.15) is 0 Å². The highest BCUT2D eigenvalue weighted by Crippen LogP contribution is 2.21. The molecular weight excluding hydrogens is 158 g/mol. The second-order valence-corrected chi connectivity index (χ2v) is 3.83. The van der Waals surface area contributed by atoms with Gasteiger partial charge in [0.05, 0.1) is 6.20 Å². The van der Waals surface area contributed by atoms with E-state index in [0.29, 0.717) is 5.92 Å². The standard InChI is InChI=1S/C8H13NOS/c1-4-11-8-9-5-7(10-8)6(2)3/h5-6H,4H2,1-3H3. The summed E-state index contributed by atoms with van der Waals surface area (Å²) in [6, 6.07) is 0. The van der Waals surface area contributed by atoms with Crippen LogP contribution in [0.2, 0.25) is 0 Å². The third kappa shape index (κ3) is 2.26. The summed E-state index contributed by atoms with van der Waals surface area (Å²) in [6.45, 7) is 6.28. The van der Waals surface area contributed by atoms with Crippen molar-refractivity contribution in [2.24, 2.45) is 0 Å². The Labute approximate surface area is 71.4 Å². The molecule has 62 valence electrons. The zero-order valence-corrected chi connectivity index (χ0v) is 7.94. The fourth-order valence-corrected chi connectivity index (χ4v) is 1.26. The van der Waals surface area contributed by atoms with E-state index in [1.165, 1.54) is 0 Å². The lowest BCUT2D eigenvalue weighted by atomic mass is 10.2. The van der Waals surface area contributed by atoms with Gasteiger partial charge in [-0.05, 0) is 5.75 Å². The van der Waals surface area contributed by atoms with Crippen LogP contribution in [-0.4, -0.2) is 10.7 Å². The van der Waals surface area contributed by atoms with Gasteiger partial charge in [-0.25, -0.2) is 4.98 Å². The van der Waals surface area contributed by atoms with E-state index in [1.54, 1.807) is 11.8 Å². The van der Waals surface area contributed by atoms with E-state index in [0.717, 1.165) is 16.7 Å². The second-order valence-electron chi connectivity index (χ2n) is 2.62. The summed E-state index contributed by atoms with van der Waals surface area (Å²) >= 11 is 1.64. The minimum atomic E-state index is 0.439. The van der Waals surface area contributed by atoms with E-state index in [2.05, 4.69) is 25.8 Å². The molecule has 0 radical (unpaired) electrons. The molecule has 0 fully saturated rings. The normalized spacial score (nSPS) is 10.9. The predicted octanol–water partition coefficient (Wildman–Crippen LogP) is 2.91. The van der Waals surface area contributed by atoms with E-state index in [-0.39, 0.29) is 0 Å². The van der Waals surface area contributed by atoms with E-state index < -0.39 is 0 Å². The zero-order valence-electron chi connectivity index (χ0n) is 7.13. The van der Waals surface area contributed by atoms with Gasteiger partial charge in [0, 0.05) is 5.92 Å². The molecular formula is C8H13NOS. The molecule has 0 aliphatic heterocycles. The Bertz CT molecular complexity index is 220. The van der Waals surface area contributed by atoms with Crippen molar-refractivity contribution in [3.63, 3.8) is 0 Å². The molecule has 0 saturated carbocycles. The first-order valence-electron chi connectivity index (χ1n) is 3.82. The topological polar surface area (TPSA) is 26.0 Å². The number of oxazole rings is 1. The van der Waals surface area contributed by atoms with Crippen molar-refractivity contribution in [2.45, 2.75) is 31.9 Å². The molecule has 3 heteroatoms. The van der Waals surface area contributed by atoms with Crippen molar-refractivity contribution in [3.05, 3.63) is 12.0 Å². The van der Waals surface area contributed by atoms with Crippen molar-refractivity contribution >= 4 is 11.8 Å². The van der Waals surface area contributed by atoms with Crippen molar-refractivity contribution in [1.82, 2.24) is 4.98 Å². The zero-order chi connectivity index (χ0) is 8.27. The van der Waals surface area contributed by atoms with Crippen LogP contribution in [0.15, 0.2) is 15.8 Å². The number of hydrogen-bond acceptors (Lipinski definition) is 3. The van der Waals surface area contributed by atoms with Gasteiger partial charge in [0.15, 0.2) is 0 Å². The molecule has 0 aliphatic carbocycles. The van der Waals surface area contributed by atoms with Crippen LogP contribution in [0.4, 0.5) is 0 Å². The SMILES string of the molecule is CCSc1ncc(C(C)C)o1. The van der Waals surface area contributed by atoms with Gasteiger partial charge in [-0.1, -0.05) is 32.5 Å². The number of nitrogens with zero attached hydrogens (tertiary/aromatic N) is 1. The fraction of sp³-hybridized carbons (Fsp3) is 0.625. The highest BCUT2D eigenvalue weighted by molar-refractivity contribution is 7.99. The molecule has 1 heterocycles. The maximum atomic E-state index is 5.44. The lowest BCUT2D eigenvalue weighted by Gasteiger charge is -1.95. The van der Waals surface area contributed by atoms with Gasteiger partial charge in [0.25, 0.3) is 5.22 Å². The third-order valence-electron chi connectivity index (χ3n) is 1.34. The van der Waals surface area contributed by atoms with Gasteiger partial charge in [0.1, 0.15) is 5.76 Å². The summed E-state index contributed by atoms with van der Waals surface area (Å²) in [5.74, 6) is 2.42. The van der Waals surface area contributed by atoms with Crippen LogP contribution in [0.1, 0.15) is 32.4 Å². The molecule has 11 heavy (non-hydrogen) atoms. The third-order valence-corrected chi connectivity index (χ3v) is 2.06. The molecule has 1 aromatic heterocycles. The van der Waals surface area contributed by atoms with Crippen LogP contribution in [-0.2, 0) is 0 Å². The van der Waals surface area contributed by atoms with Gasteiger partial charge < -0.3 is 4.42 Å². The molecule has 1 aromatic rings. The van der Waals surface area contributed by atoms with Gasteiger partial charge >= 0.3 is 0 Å². The quantitative estimate of drug-likeness (QED) is 0.654. The van der Waals surface area contributed by atoms with Crippen molar-refractivity contribution in [2.75, 3.05) is 5.75 Å². The number of rotatable bonds is 3. The lowest BCUT2D eigenvalue weighted by molar-refractivity contribution is 0.403. The molecule has 2 nitrogen and oxygen atoms in total. The van der Waals surface area contributed by atoms with Crippen molar-refractivity contribution < 1.29 is 4.42 Å². The molecule has 0 spiro atoms.